The average Bonchev–Trinajstić information content (AvgIpc) is 3.58. The maximum Gasteiger partial charge on any atom is 0.136 e. The molecule has 1 heteroatoms. The second kappa shape index (κ2) is 10.9. The lowest BCUT2D eigenvalue weighted by atomic mass is 9.86. The van der Waals surface area contributed by atoms with Crippen molar-refractivity contribution in [2.24, 2.45) is 0 Å². The van der Waals surface area contributed by atoms with Crippen molar-refractivity contribution in [3.63, 3.8) is 0 Å². The molecule has 0 saturated carbocycles. The molecule has 1 aromatic heterocycles. The molecule has 10 aromatic carbocycles. The molecule has 0 aliphatic carbocycles. The molecule has 0 radical (unpaired) electrons. The highest BCUT2D eigenvalue weighted by molar-refractivity contribution is 6.28. The molecule has 0 bridgehead atoms. The molecule has 0 atom stereocenters. The number of benzene rings is 10. The maximum atomic E-state index is 6.50. The minimum atomic E-state index is 0.902. The van der Waals surface area contributed by atoms with Crippen LogP contribution in [0.25, 0.3) is 110 Å². The molecule has 0 fully saturated rings. The zero-order valence-electron chi connectivity index (χ0n) is 27.7. The Balaban J connectivity index is 1.17. The summed E-state index contributed by atoms with van der Waals surface area (Å²) in [6.07, 6.45) is 0. The van der Waals surface area contributed by atoms with Crippen LogP contribution in [0.4, 0.5) is 0 Å². The summed E-state index contributed by atoms with van der Waals surface area (Å²) in [5, 5.41) is 12.5. The van der Waals surface area contributed by atoms with Crippen molar-refractivity contribution in [3.8, 4) is 44.5 Å². The van der Waals surface area contributed by atoms with Crippen molar-refractivity contribution in [3.05, 3.63) is 182 Å². The van der Waals surface area contributed by atoms with Crippen LogP contribution in [-0.2, 0) is 0 Å². The smallest absolute Gasteiger partial charge is 0.136 e. The van der Waals surface area contributed by atoms with E-state index in [2.05, 4.69) is 182 Å². The van der Waals surface area contributed by atoms with Crippen LogP contribution in [0.1, 0.15) is 0 Å². The van der Waals surface area contributed by atoms with E-state index >= 15 is 0 Å². The van der Waals surface area contributed by atoms with E-state index in [1.807, 2.05) is 0 Å². The fraction of sp³-hybridized carbons (Fsp3) is 0. The van der Waals surface area contributed by atoms with Gasteiger partial charge in [0.25, 0.3) is 0 Å². The van der Waals surface area contributed by atoms with Gasteiger partial charge in [0.1, 0.15) is 11.2 Å². The molecule has 1 heterocycles. The number of hydrogen-bond acceptors (Lipinski definition) is 1. The quantitative estimate of drug-likeness (QED) is 0.173. The van der Waals surface area contributed by atoms with Gasteiger partial charge in [-0.3, -0.25) is 0 Å². The Kier molecular flexibility index (Phi) is 6.02. The van der Waals surface area contributed by atoms with Gasteiger partial charge in [-0.25, -0.2) is 0 Å². The summed E-state index contributed by atoms with van der Waals surface area (Å²) in [5.41, 5.74) is 11.5. The first-order valence-electron chi connectivity index (χ1n) is 17.6. The van der Waals surface area contributed by atoms with Gasteiger partial charge in [0.15, 0.2) is 0 Å². The molecule has 0 N–H and O–H groups in total. The fourth-order valence-electron chi connectivity index (χ4n) is 8.47. The first kappa shape index (κ1) is 28.2. The Bertz CT molecular complexity index is 3110. The van der Waals surface area contributed by atoms with Gasteiger partial charge in [-0.2, -0.15) is 0 Å². The number of furan rings is 1. The summed E-state index contributed by atoms with van der Waals surface area (Å²) in [7, 11) is 0. The highest BCUT2D eigenvalue weighted by atomic mass is 16.3. The minimum absolute atomic E-state index is 0.902. The summed E-state index contributed by atoms with van der Waals surface area (Å²) in [6, 6.07) is 66.3. The SMILES string of the molecule is c1ccc(-c2ccc3oc4cccc(-c5cc(-c6ccc7ccc8c(-c9ccccc9)ccc9ccc6c7c98)cc6ccccc56)c4c3c2)cc1. The number of rotatable bonds is 4. The van der Waals surface area contributed by atoms with Gasteiger partial charge in [-0.1, -0.05) is 152 Å². The summed E-state index contributed by atoms with van der Waals surface area (Å²) in [6.45, 7) is 0. The Morgan fingerprint density at radius 3 is 1.65 bits per heavy atom. The second-order valence-corrected chi connectivity index (χ2v) is 13.6. The van der Waals surface area contributed by atoms with Crippen LogP contribution in [0.15, 0.2) is 186 Å². The van der Waals surface area contributed by atoms with Crippen LogP contribution in [0.2, 0.25) is 0 Å². The lowest BCUT2D eigenvalue weighted by Gasteiger charge is -2.18. The third-order valence-electron chi connectivity index (χ3n) is 10.8. The van der Waals surface area contributed by atoms with Crippen LogP contribution >= 0.6 is 0 Å². The average molecular weight is 647 g/mol. The zero-order valence-corrected chi connectivity index (χ0v) is 27.7. The molecule has 11 rings (SSSR count). The predicted molar refractivity (Wildman–Crippen MR) is 217 cm³/mol. The highest BCUT2D eigenvalue weighted by Crippen LogP contribution is 2.45. The van der Waals surface area contributed by atoms with Crippen LogP contribution in [0, 0.1) is 0 Å². The van der Waals surface area contributed by atoms with Crippen molar-refractivity contribution in [1.29, 1.82) is 0 Å². The van der Waals surface area contributed by atoms with Crippen LogP contribution < -0.4 is 0 Å². The molecule has 0 spiro atoms. The summed E-state index contributed by atoms with van der Waals surface area (Å²) >= 11 is 0. The Labute approximate surface area is 295 Å². The third kappa shape index (κ3) is 4.28. The highest BCUT2D eigenvalue weighted by Gasteiger charge is 2.19. The van der Waals surface area contributed by atoms with E-state index < -0.39 is 0 Å². The molecular weight excluding hydrogens is 617 g/mol. The van der Waals surface area contributed by atoms with Crippen LogP contribution in [0.5, 0.6) is 0 Å². The molecule has 0 aliphatic heterocycles. The van der Waals surface area contributed by atoms with E-state index in [4.69, 9.17) is 4.42 Å². The van der Waals surface area contributed by atoms with Crippen LogP contribution in [-0.4, -0.2) is 0 Å². The third-order valence-corrected chi connectivity index (χ3v) is 10.8. The maximum absolute atomic E-state index is 6.50. The van der Waals surface area contributed by atoms with Gasteiger partial charge < -0.3 is 4.42 Å². The Morgan fingerprint density at radius 2 is 0.902 bits per heavy atom. The van der Waals surface area contributed by atoms with Crippen molar-refractivity contribution in [2.45, 2.75) is 0 Å². The van der Waals surface area contributed by atoms with Gasteiger partial charge in [-0.15, -0.1) is 0 Å². The molecule has 0 aliphatic rings. The summed E-state index contributed by atoms with van der Waals surface area (Å²) in [4.78, 5) is 0. The molecular formula is C50H30O. The van der Waals surface area contributed by atoms with E-state index in [0.29, 0.717) is 0 Å². The predicted octanol–water partition coefficient (Wildman–Crippen LogP) is 14.3. The molecule has 0 unspecified atom stereocenters. The first-order chi connectivity index (χ1) is 25.3. The van der Waals surface area contributed by atoms with E-state index in [-0.39, 0.29) is 0 Å². The molecule has 0 saturated heterocycles. The molecule has 51 heavy (non-hydrogen) atoms. The molecule has 1 nitrogen and oxygen atoms in total. The molecule has 0 amide bonds. The topological polar surface area (TPSA) is 13.1 Å². The van der Waals surface area contributed by atoms with Gasteiger partial charge in [-0.05, 0) is 118 Å². The zero-order chi connectivity index (χ0) is 33.5. The van der Waals surface area contributed by atoms with Crippen molar-refractivity contribution in [1.82, 2.24) is 0 Å². The van der Waals surface area contributed by atoms with Gasteiger partial charge in [0, 0.05) is 10.8 Å². The number of fused-ring (bicyclic) bond motifs is 4. The Morgan fingerprint density at radius 1 is 0.255 bits per heavy atom. The standard InChI is InChI=1S/C50H30O/c1-3-10-31(11-4-1)35-22-27-46-45(29-35)50-41(16-9-17-47(50)51-46)44-30-37(28-36-14-7-8-15-38(36)44)40-24-19-34-20-25-42-39(32-12-5-2-6-13-32)23-18-33-21-26-43(40)49(34)48(33)42/h1-30H. The molecule has 11 aromatic rings. The largest absolute Gasteiger partial charge is 0.456 e. The summed E-state index contributed by atoms with van der Waals surface area (Å²) in [5.74, 6) is 0. The number of hydrogen-bond donors (Lipinski definition) is 0. The normalized spacial score (nSPS) is 11.9. The van der Waals surface area contributed by atoms with E-state index in [1.165, 1.54) is 87.6 Å². The van der Waals surface area contributed by atoms with E-state index in [0.717, 1.165) is 21.9 Å². The second-order valence-electron chi connectivity index (χ2n) is 13.6. The molecule has 236 valence electrons. The lowest BCUT2D eigenvalue weighted by Crippen LogP contribution is -1.90. The van der Waals surface area contributed by atoms with Gasteiger partial charge in [0.2, 0.25) is 0 Å². The van der Waals surface area contributed by atoms with Crippen LogP contribution in [0.3, 0.4) is 0 Å². The van der Waals surface area contributed by atoms with Crippen molar-refractivity contribution in [2.75, 3.05) is 0 Å². The van der Waals surface area contributed by atoms with E-state index in [1.54, 1.807) is 0 Å². The van der Waals surface area contributed by atoms with Crippen molar-refractivity contribution >= 4 is 65.0 Å². The van der Waals surface area contributed by atoms with Gasteiger partial charge in [0.05, 0.1) is 0 Å². The fourth-order valence-corrected chi connectivity index (χ4v) is 8.47. The van der Waals surface area contributed by atoms with Gasteiger partial charge >= 0.3 is 0 Å². The monoisotopic (exact) mass is 646 g/mol. The minimum Gasteiger partial charge on any atom is -0.456 e. The first-order valence-corrected chi connectivity index (χ1v) is 17.6. The lowest BCUT2D eigenvalue weighted by molar-refractivity contribution is 0.669. The van der Waals surface area contributed by atoms with E-state index in [9.17, 15) is 0 Å². The van der Waals surface area contributed by atoms with Crippen molar-refractivity contribution < 1.29 is 4.42 Å². The Hall–Kier alpha value is -6.70. The summed E-state index contributed by atoms with van der Waals surface area (Å²) < 4.78 is 6.50.